The highest BCUT2D eigenvalue weighted by molar-refractivity contribution is 9.10. The highest BCUT2D eigenvalue weighted by atomic mass is 79.9. The monoisotopic (exact) mass is 392 g/mol. The van der Waals surface area contributed by atoms with Gasteiger partial charge < -0.3 is 14.2 Å². The number of piperidine rings is 1. The number of furan rings is 1. The molecule has 0 saturated carbocycles. The molecule has 5 heteroatoms. The summed E-state index contributed by atoms with van der Waals surface area (Å²) in [5.41, 5.74) is 1.69. The lowest BCUT2D eigenvalue weighted by Gasteiger charge is -2.38. The quantitative estimate of drug-likeness (QED) is 0.773. The van der Waals surface area contributed by atoms with Gasteiger partial charge in [0.25, 0.3) is 5.91 Å². The van der Waals surface area contributed by atoms with E-state index in [9.17, 15) is 4.79 Å². The molecule has 2 aromatic rings. The van der Waals surface area contributed by atoms with E-state index in [4.69, 9.17) is 4.42 Å². The van der Waals surface area contributed by atoms with Crippen LogP contribution in [0.4, 0.5) is 0 Å². The maximum absolute atomic E-state index is 12.9. The standard InChI is InChI=1S/C19H25BrN2O2/c1-12(2)22-9-7-15(8-10-22)21(4)19(23)18-13(3)16-11-14(20)5-6-17(16)24-18/h5-6,11-12,15H,7-10H2,1-4H3. The lowest BCUT2D eigenvalue weighted by Crippen LogP contribution is -2.47. The van der Waals surface area contributed by atoms with Crippen LogP contribution < -0.4 is 0 Å². The van der Waals surface area contributed by atoms with E-state index in [1.807, 2.05) is 37.1 Å². The number of benzene rings is 1. The molecule has 1 aromatic heterocycles. The zero-order valence-electron chi connectivity index (χ0n) is 14.8. The van der Waals surface area contributed by atoms with Crippen LogP contribution in [-0.2, 0) is 0 Å². The second-order valence-electron chi connectivity index (χ2n) is 6.97. The summed E-state index contributed by atoms with van der Waals surface area (Å²) in [6.07, 6.45) is 2.04. The molecule has 1 saturated heterocycles. The highest BCUT2D eigenvalue weighted by Gasteiger charge is 2.29. The number of fused-ring (bicyclic) bond motifs is 1. The first-order chi connectivity index (χ1) is 11.4. The summed E-state index contributed by atoms with van der Waals surface area (Å²) in [7, 11) is 1.90. The summed E-state index contributed by atoms with van der Waals surface area (Å²) in [4.78, 5) is 17.3. The third-order valence-electron chi connectivity index (χ3n) is 5.19. The maximum Gasteiger partial charge on any atom is 0.289 e. The van der Waals surface area contributed by atoms with Gasteiger partial charge >= 0.3 is 0 Å². The van der Waals surface area contributed by atoms with E-state index >= 15 is 0 Å². The van der Waals surface area contributed by atoms with E-state index in [-0.39, 0.29) is 11.9 Å². The molecule has 0 atom stereocenters. The number of nitrogens with zero attached hydrogens (tertiary/aromatic N) is 2. The molecule has 1 aromatic carbocycles. The van der Waals surface area contributed by atoms with Gasteiger partial charge in [-0.25, -0.2) is 0 Å². The molecule has 1 aliphatic rings. The van der Waals surface area contributed by atoms with Crippen molar-refractivity contribution < 1.29 is 9.21 Å². The molecule has 1 aliphatic heterocycles. The predicted molar refractivity (Wildman–Crippen MR) is 100 cm³/mol. The number of hydrogen-bond acceptors (Lipinski definition) is 3. The fraction of sp³-hybridized carbons (Fsp3) is 0.526. The van der Waals surface area contributed by atoms with Gasteiger partial charge in [-0.05, 0) is 51.8 Å². The Bertz CT molecular complexity index is 745. The molecule has 1 amide bonds. The topological polar surface area (TPSA) is 36.7 Å². The Labute approximate surface area is 151 Å². The first-order valence-electron chi connectivity index (χ1n) is 8.58. The smallest absolute Gasteiger partial charge is 0.289 e. The Kier molecular flexibility index (Phi) is 5.02. The molecule has 130 valence electrons. The van der Waals surface area contributed by atoms with Gasteiger partial charge in [0.1, 0.15) is 5.58 Å². The molecule has 24 heavy (non-hydrogen) atoms. The van der Waals surface area contributed by atoms with Crippen molar-refractivity contribution in [2.75, 3.05) is 20.1 Å². The summed E-state index contributed by atoms with van der Waals surface area (Å²) in [5, 5.41) is 0.996. The van der Waals surface area contributed by atoms with Crippen molar-refractivity contribution in [1.29, 1.82) is 0 Å². The number of hydrogen-bond donors (Lipinski definition) is 0. The minimum atomic E-state index is -0.0113. The van der Waals surface area contributed by atoms with Gasteiger partial charge in [-0.15, -0.1) is 0 Å². The summed E-state index contributed by atoms with van der Waals surface area (Å²) < 4.78 is 6.86. The number of rotatable bonds is 3. The molecule has 1 fully saturated rings. The molecule has 0 unspecified atom stereocenters. The van der Waals surface area contributed by atoms with Gasteiger partial charge in [-0.2, -0.15) is 0 Å². The van der Waals surface area contributed by atoms with Crippen molar-refractivity contribution in [3.63, 3.8) is 0 Å². The number of carbonyl (C=O) groups excluding carboxylic acids is 1. The molecule has 0 spiro atoms. The summed E-state index contributed by atoms with van der Waals surface area (Å²) >= 11 is 3.48. The van der Waals surface area contributed by atoms with Crippen molar-refractivity contribution in [2.24, 2.45) is 0 Å². The normalized spacial score (nSPS) is 16.9. The van der Waals surface area contributed by atoms with Crippen LogP contribution in [0.15, 0.2) is 27.1 Å². The highest BCUT2D eigenvalue weighted by Crippen LogP contribution is 2.29. The Balaban J connectivity index is 1.78. The van der Waals surface area contributed by atoms with Crippen LogP contribution in [0.2, 0.25) is 0 Å². The van der Waals surface area contributed by atoms with Crippen molar-refractivity contribution >= 4 is 32.8 Å². The maximum atomic E-state index is 12.9. The van der Waals surface area contributed by atoms with Crippen molar-refractivity contribution in [3.8, 4) is 0 Å². The number of likely N-dealkylation sites (tertiary alicyclic amines) is 1. The summed E-state index contributed by atoms with van der Waals surface area (Å²) in [5.74, 6) is 0.458. The molecule has 3 rings (SSSR count). The van der Waals surface area contributed by atoms with Gasteiger partial charge in [0.05, 0.1) is 0 Å². The van der Waals surface area contributed by atoms with Gasteiger partial charge in [0.2, 0.25) is 0 Å². The van der Waals surface area contributed by atoms with Crippen LogP contribution in [0.1, 0.15) is 42.8 Å². The second kappa shape index (κ2) is 6.89. The van der Waals surface area contributed by atoms with Crippen LogP contribution in [0.3, 0.4) is 0 Å². The molecule has 0 bridgehead atoms. The molecule has 0 radical (unpaired) electrons. The van der Waals surface area contributed by atoms with Crippen molar-refractivity contribution in [2.45, 2.75) is 45.7 Å². The molecular weight excluding hydrogens is 368 g/mol. The van der Waals surface area contributed by atoms with Crippen molar-refractivity contribution in [3.05, 3.63) is 34.0 Å². The Morgan fingerprint density at radius 2 is 2.00 bits per heavy atom. The zero-order chi connectivity index (χ0) is 17.4. The number of halogens is 1. The minimum Gasteiger partial charge on any atom is -0.451 e. The van der Waals surface area contributed by atoms with Crippen LogP contribution in [-0.4, -0.2) is 47.9 Å². The first kappa shape index (κ1) is 17.5. The van der Waals surface area contributed by atoms with Crippen LogP contribution >= 0.6 is 15.9 Å². The first-order valence-corrected chi connectivity index (χ1v) is 9.37. The number of aryl methyl sites for hydroxylation is 1. The molecule has 2 heterocycles. The lowest BCUT2D eigenvalue weighted by atomic mass is 10.0. The summed E-state index contributed by atoms with van der Waals surface area (Å²) in [6.45, 7) is 8.51. The van der Waals surface area contributed by atoms with E-state index in [2.05, 4.69) is 34.7 Å². The van der Waals surface area contributed by atoms with Crippen LogP contribution in [0.25, 0.3) is 11.0 Å². The number of amides is 1. The third kappa shape index (κ3) is 3.24. The van der Waals surface area contributed by atoms with E-state index in [0.717, 1.165) is 46.9 Å². The molecule has 4 nitrogen and oxygen atoms in total. The molecule has 0 aliphatic carbocycles. The Hall–Kier alpha value is -1.33. The van der Waals surface area contributed by atoms with Crippen LogP contribution in [0.5, 0.6) is 0 Å². The fourth-order valence-corrected chi connectivity index (χ4v) is 3.87. The minimum absolute atomic E-state index is 0.0113. The van der Waals surface area contributed by atoms with Gasteiger partial charge in [0.15, 0.2) is 5.76 Å². The average Bonchev–Trinajstić information content (AvgIpc) is 2.90. The van der Waals surface area contributed by atoms with E-state index in [1.165, 1.54) is 0 Å². The fourth-order valence-electron chi connectivity index (χ4n) is 3.51. The SMILES string of the molecule is Cc1c(C(=O)N(C)C2CCN(C(C)C)CC2)oc2ccc(Br)cc12. The van der Waals surface area contributed by atoms with E-state index in [0.29, 0.717) is 11.8 Å². The number of carbonyl (C=O) groups is 1. The largest absolute Gasteiger partial charge is 0.451 e. The summed E-state index contributed by atoms with van der Waals surface area (Å²) in [6, 6.07) is 6.70. The lowest BCUT2D eigenvalue weighted by molar-refractivity contribution is 0.0587. The van der Waals surface area contributed by atoms with Gasteiger partial charge in [-0.1, -0.05) is 15.9 Å². The molecular formula is C19H25BrN2O2. The predicted octanol–water partition coefficient (Wildman–Crippen LogP) is 4.45. The third-order valence-corrected chi connectivity index (χ3v) is 5.68. The van der Waals surface area contributed by atoms with Gasteiger partial charge in [-0.3, -0.25) is 4.79 Å². The zero-order valence-corrected chi connectivity index (χ0v) is 16.4. The molecule has 0 N–H and O–H groups in total. The second-order valence-corrected chi connectivity index (χ2v) is 7.89. The average molecular weight is 393 g/mol. The van der Waals surface area contributed by atoms with Crippen LogP contribution in [0, 0.1) is 6.92 Å². The Morgan fingerprint density at radius 3 is 2.62 bits per heavy atom. The van der Waals surface area contributed by atoms with E-state index < -0.39 is 0 Å². The van der Waals surface area contributed by atoms with Gasteiger partial charge in [0, 0.05) is 47.6 Å². The van der Waals surface area contributed by atoms with Crippen molar-refractivity contribution in [1.82, 2.24) is 9.80 Å². The van der Waals surface area contributed by atoms with E-state index in [1.54, 1.807) is 0 Å². The Morgan fingerprint density at radius 1 is 1.33 bits per heavy atom.